The summed E-state index contributed by atoms with van der Waals surface area (Å²) in [5.74, 6) is 1.53. The average Bonchev–Trinajstić information content (AvgIpc) is 3.31. The van der Waals surface area contributed by atoms with Gasteiger partial charge in [-0.15, -0.1) is 21.5 Å². The van der Waals surface area contributed by atoms with Gasteiger partial charge in [-0.1, -0.05) is 6.07 Å². The minimum absolute atomic E-state index is 0.333. The van der Waals surface area contributed by atoms with E-state index in [9.17, 15) is 0 Å². The molecule has 0 fully saturated rings. The van der Waals surface area contributed by atoms with E-state index in [1.807, 2.05) is 25.1 Å². The lowest BCUT2D eigenvalue weighted by Crippen LogP contribution is -1.96. The van der Waals surface area contributed by atoms with Crippen molar-refractivity contribution < 1.29 is 9.15 Å². The zero-order chi connectivity index (χ0) is 17.9. The van der Waals surface area contributed by atoms with E-state index in [2.05, 4.69) is 47.5 Å². The maximum absolute atomic E-state index is 5.96. The van der Waals surface area contributed by atoms with Crippen LogP contribution in [0.5, 0.6) is 5.75 Å². The molecule has 4 rings (SSSR count). The number of hydrogen-bond donors (Lipinski definition) is 0. The number of halogens is 1. The fourth-order valence-corrected chi connectivity index (χ4v) is 3.52. The topological polar surface area (TPSA) is 73.9 Å². The Morgan fingerprint density at radius 2 is 2.04 bits per heavy atom. The van der Waals surface area contributed by atoms with Gasteiger partial charge in [-0.3, -0.25) is 4.98 Å². The van der Waals surface area contributed by atoms with Gasteiger partial charge >= 0.3 is 0 Å². The maximum atomic E-state index is 5.96. The molecule has 4 aromatic rings. The van der Waals surface area contributed by atoms with Crippen LogP contribution in [0, 0.1) is 6.92 Å². The van der Waals surface area contributed by atoms with Gasteiger partial charge in [-0.2, -0.15) is 0 Å². The third-order valence-electron chi connectivity index (χ3n) is 3.66. The first-order valence-electron chi connectivity index (χ1n) is 7.75. The largest absolute Gasteiger partial charge is 0.489 e. The average molecular weight is 429 g/mol. The second-order valence-electron chi connectivity index (χ2n) is 5.53. The quantitative estimate of drug-likeness (QED) is 0.449. The first kappa shape index (κ1) is 16.9. The molecule has 0 saturated heterocycles. The molecule has 3 heterocycles. The number of nitrogens with zero attached hydrogens (tertiary/aromatic N) is 4. The van der Waals surface area contributed by atoms with Crippen molar-refractivity contribution in [2.45, 2.75) is 13.5 Å². The zero-order valence-corrected chi connectivity index (χ0v) is 16.1. The fourth-order valence-electron chi connectivity index (χ4n) is 2.32. The first-order chi connectivity index (χ1) is 12.7. The molecule has 1 aromatic carbocycles. The number of rotatable bonds is 5. The number of aryl methyl sites for hydroxylation is 1. The Labute approximate surface area is 162 Å². The third-order valence-corrected chi connectivity index (χ3v) is 5.21. The molecule has 0 aliphatic rings. The fraction of sp³-hybridized carbons (Fsp3) is 0.111. The molecule has 0 spiro atoms. The van der Waals surface area contributed by atoms with E-state index in [4.69, 9.17) is 9.15 Å². The second kappa shape index (κ2) is 7.35. The van der Waals surface area contributed by atoms with Crippen LogP contribution in [0.4, 0.5) is 0 Å². The van der Waals surface area contributed by atoms with Crippen molar-refractivity contribution in [2.24, 2.45) is 0 Å². The predicted molar refractivity (Wildman–Crippen MR) is 102 cm³/mol. The van der Waals surface area contributed by atoms with Crippen molar-refractivity contribution in [3.8, 4) is 28.8 Å². The minimum atomic E-state index is 0.333. The molecule has 3 aromatic heterocycles. The molecule has 26 heavy (non-hydrogen) atoms. The third kappa shape index (κ3) is 3.66. The molecule has 0 radical (unpaired) electrons. The van der Waals surface area contributed by atoms with Crippen LogP contribution < -0.4 is 4.74 Å². The van der Waals surface area contributed by atoms with E-state index in [1.165, 1.54) is 0 Å². The van der Waals surface area contributed by atoms with E-state index < -0.39 is 0 Å². The lowest BCUT2D eigenvalue weighted by molar-refractivity contribution is 0.304. The second-order valence-corrected chi connectivity index (χ2v) is 7.82. The van der Waals surface area contributed by atoms with Crippen LogP contribution >= 0.6 is 27.3 Å². The van der Waals surface area contributed by atoms with Gasteiger partial charge < -0.3 is 9.15 Å². The van der Waals surface area contributed by atoms with Crippen LogP contribution in [0.2, 0.25) is 0 Å². The van der Waals surface area contributed by atoms with Gasteiger partial charge in [0, 0.05) is 23.5 Å². The van der Waals surface area contributed by atoms with Crippen molar-refractivity contribution in [1.82, 2.24) is 20.2 Å². The molecule has 0 saturated carbocycles. The predicted octanol–water partition coefficient (Wildman–Crippen LogP) is 4.91. The molecular formula is C18H13BrN4O2S. The summed E-state index contributed by atoms with van der Waals surface area (Å²) >= 11 is 5.10. The summed E-state index contributed by atoms with van der Waals surface area (Å²) in [7, 11) is 0. The molecule has 6 nitrogen and oxygen atoms in total. The molecule has 0 amide bonds. The smallest absolute Gasteiger partial charge is 0.268 e. The van der Waals surface area contributed by atoms with Gasteiger partial charge in [0.2, 0.25) is 5.89 Å². The zero-order valence-electron chi connectivity index (χ0n) is 13.7. The minimum Gasteiger partial charge on any atom is -0.489 e. The monoisotopic (exact) mass is 428 g/mol. The van der Waals surface area contributed by atoms with Crippen molar-refractivity contribution >= 4 is 27.3 Å². The Bertz CT molecular complexity index is 1030. The van der Waals surface area contributed by atoms with Crippen molar-refractivity contribution in [3.05, 3.63) is 63.1 Å². The Morgan fingerprint density at radius 3 is 2.81 bits per heavy atom. The van der Waals surface area contributed by atoms with Gasteiger partial charge in [0.05, 0.1) is 9.98 Å². The highest BCUT2D eigenvalue weighted by Gasteiger charge is 2.13. The summed E-state index contributed by atoms with van der Waals surface area (Å²) < 4.78 is 12.8. The first-order valence-corrected chi connectivity index (χ1v) is 9.43. The Balaban J connectivity index is 1.57. The summed E-state index contributed by atoms with van der Waals surface area (Å²) in [6, 6.07) is 7.86. The molecule has 130 valence electrons. The highest BCUT2D eigenvalue weighted by Crippen LogP contribution is 2.29. The van der Waals surface area contributed by atoms with Crippen LogP contribution in [0.15, 0.2) is 56.4 Å². The summed E-state index contributed by atoms with van der Waals surface area (Å²) in [4.78, 5) is 8.18. The summed E-state index contributed by atoms with van der Waals surface area (Å²) in [6.45, 7) is 2.50. The summed E-state index contributed by atoms with van der Waals surface area (Å²) in [5, 5.41) is 10.2. The van der Waals surface area contributed by atoms with Crippen LogP contribution in [0.25, 0.3) is 23.0 Å². The molecule has 0 aliphatic carbocycles. The van der Waals surface area contributed by atoms with Crippen molar-refractivity contribution in [1.29, 1.82) is 0 Å². The van der Waals surface area contributed by atoms with E-state index in [1.54, 1.807) is 29.9 Å². The number of thiophene rings is 1. The van der Waals surface area contributed by atoms with Crippen molar-refractivity contribution in [3.63, 3.8) is 0 Å². The van der Waals surface area contributed by atoms with Gasteiger partial charge in [0.15, 0.2) is 0 Å². The molecule has 0 atom stereocenters. The number of aromatic nitrogens is 4. The Kier molecular flexibility index (Phi) is 4.77. The maximum Gasteiger partial charge on any atom is 0.268 e. The Hall–Kier alpha value is -2.58. The number of hydrogen-bond acceptors (Lipinski definition) is 7. The molecule has 0 unspecified atom stereocenters. The van der Waals surface area contributed by atoms with Crippen LogP contribution in [-0.4, -0.2) is 20.2 Å². The van der Waals surface area contributed by atoms with E-state index in [0.29, 0.717) is 24.1 Å². The van der Waals surface area contributed by atoms with E-state index in [0.717, 1.165) is 26.2 Å². The van der Waals surface area contributed by atoms with Gasteiger partial charge in [-0.05, 0) is 52.0 Å². The van der Waals surface area contributed by atoms with Gasteiger partial charge in [0.1, 0.15) is 18.1 Å². The molecule has 0 bridgehead atoms. The highest BCUT2D eigenvalue weighted by atomic mass is 79.9. The molecular weight excluding hydrogens is 416 g/mol. The lowest BCUT2D eigenvalue weighted by atomic mass is 10.1. The lowest BCUT2D eigenvalue weighted by Gasteiger charge is -2.09. The van der Waals surface area contributed by atoms with Crippen molar-refractivity contribution in [2.75, 3.05) is 0 Å². The molecule has 0 N–H and O–H groups in total. The van der Waals surface area contributed by atoms with Crippen LogP contribution in [-0.2, 0) is 6.61 Å². The molecule has 0 aliphatic heterocycles. The van der Waals surface area contributed by atoms with E-state index in [-0.39, 0.29) is 0 Å². The number of benzene rings is 1. The van der Waals surface area contributed by atoms with Crippen LogP contribution in [0.3, 0.4) is 0 Å². The standard InChI is InChI=1S/C18H13BrN4O2S/c1-11-2-3-13(7-15(11)24-9-12-6-16(19)26-10-12)17-22-23-18(25-17)14-8-20-4-5-21-14/h2-8,10H,9H2,1H3. The Morgan fingerprint density at radius 1 is 1.15 bits per heavy atom. The van der Waals surface area contributed by atoms with Crippen LogP contribution in [0.1, 0.15) is 11.1 Å². The molecule has 8 heteroatoms. The SMILES string of the molecule is Cc1ccc(-c2nnc(-c3cnccn3)o2)cc1OCc1csc(Br)c1. The highest BCUT2D eigenvalue weighted by molar-refractivity contribution is 9.11. The summed E-state index contributed by atoms with van der Waals surface area (Å²) in [6.07, 6.45) is 4.76. The van der Waals surface area contributed by atoms with E-state index >= 15 is 0 Å². The van der Waals surface area contributed by atoms with Gasteiger partial charge in [-0.25, -0.2) is 4.98 Å². The summed E-state index contributed by atoms with van der Waals surface area (Å²) in [5.41, 5.74) is 3.49. The normalized spacial score (nSPS) is 10.8. The van der Waals surface area contributed by atoms with Gasteiger partial charge in [0.25, 0.3) is 5.89 Å². The number of ether oxygens (including phenoxy) is 1.